The first-order valence-electron chi connectivity index (χ1n) is 6.74. The highest BCUT2D eigenvalue weighted by Crippen LogP contribution is 2.30. The van der Waals surface area contributed by atoms with Crippen LogP contribution in [-0.2, 0) is 13.1 Å². The second-order valence-electron chi connectivity index (χ2n) is 5.37. The van der Waals surface area contributed by atoms with Crippen molar-refractivity contribution < 1.29 is 9.18 Å². The van der Waals surface area contributed by atoms with Crippen molar-refractivity contribution in [2.75, 3.05) is 0 Å². The number of rotatable bonds is 2. The molecule has 8 heteroatoms. The van der Waals surface area contributed by atoms with Gasteiger partial charge in [-0.3, -0.25) is 15.3 Å². The maximum Gasteiger partial charge on any atom is 0.252 e. The summed E-state index contributed by atoms with van der Waals surface area (Å²) >= 11 is 5.81. The molecule has 22 heavy (non-hydrogen) atoms. The normalized spacial score (nSPS) is 18.3. The van der Waals surface area contributed by atoms with Gasteiger partial charge in [0.05, 0.1) is 29.4 Å². The van der Waals surface area contributed by atoms with Crippen LogP contribution in [0.1, 0.15) is 23.0 Å². The van der Waals surface area contributed by atoms with E-state index in [-0.39, 0.29) is 11.1 Å². The first kappa shape index (κ1) is 15.0. The standard InChI is InChI=1S/C14H15ClFN5O/c1-7-5-21-11(6-20(7)18)12(14(17)22)13(19-21)8-2-3-10(16)9(15)4-8/h2-4,7H,5-6,18H2,1H3,(H2,17,22). The molecule has 0 saturated carbocycles. The van der Waals surface area contributed by atoms with Crippen molar-refractivity contribution in [1.82, 2.24) is 14.8 Å². The Morgan fingerprint density at radius 3 is 2.86 bits per heavy atom. The van der Waals surface area contributed by atoms with Crippen LogP contribution < -0.4 is 11.6 Å². The predicted octanol–water partition coefficient (Wildman–Crippen LogP) is 1.52. The smallest absolute Gasteiger partial charge is 0.252 e. The Bertz CT molecular complexity index is 760. The zero-order chi connectivity index (χ0) is 16.0. The Kier molecular flexibility index (Phi) is 3.64. The van der Waals surface area contributed by atoms with E-state index in [1.54, 1.807) is 9.69 Å². The molecule has 1 aliphatic heterocycles. The van der Waals surface area contributed by atoms with Crippen LogP contribution in [0.15, 0.2) is 18.2 Å². The number of hydrogen-bond acceptors (Lipinski definition) is 4. The van der Waals surface area contributed by atoms with Gasteiger partial charge in [0.25, 0.3) is 5.91 Å². The summed E-state index contributed by atoms with van der Waals surface area (Å²) < 4.78 is 15.1. The van der Waals surface area contributed by atoms with Gasteiger partial charge in [-0.1, -0.05) is 11.6 Å². The molecule has 1 aromatic heterocycles. The number of benzene rings is 1. The molecule has 0 radical (unpaired) electrons. The summed E-state index contributed by atoms with van der Waals surface area (Å²) in [5, 5.41) is 6.05. The molecule has 1 unspecified atom stereocenters. The largest absolute Gasteiger partial charge is 0.365 e. The molecule has 2 aromatic rings. The van der Waals surface area contributed by atoms with Crippen molar-refractivity contribution in [3.8, 4) is 11.3 Å². The quantitative estimate of drug-likeness (QED) is 0.820. The average molecular weight is 324 g/mol. The lowest BCUT2D eigenvalue weighted by Crippen LogP contribution is -2.46. The molecule has 1 aliphatic rings. The molecule has 6 nitrogen and oxygen atoms in total. The number of hydrazine groups is 1. The molecule has 0 spiro atoms. The lowest BCUT2D eigenvalue weighted by Gasteiger charge is -2.30. The number of nitrogens with zero attached hydrogens (tertiary/aromatic N) is 3. The summed E-state index contributed by atoms with van der Waals surface area (Å²) in [7, 11) is 0. The van der Waals surface area contributed by atoms with Crippen LogP contribution in [0.3, 0.4) is 0 Å². The van der Waals surface area contributed by atoms with Crippen molar-refractivity contribution in [2.24, 2.45) is 11.6 Å². The van der Waals surface area contributed by atoms with E-state index >= 15 is 0 Å². The zero-order valence-electron chi connectivity index (χ0n) is 11.9. The van der Waals surface area contributed by atoms with E-state index in [0.29, 0.717) is 35.6 Å². The van der Waals surface area contributed by atoms with Gasteiger partial charge in [-0.2, -0.15) is 5.10 Å². The number of carbonyl (C=O) groups excluding carboxylic acids is 1. The predicted molar refractivity (Wildman–Crippen MR) is 80.3 cm³/mol. The molecule has 1 aromatic carbocycles. The minimum atomic E-state index is -0.598. The number of amides is 1. The van der Waals surface area contributed by atoms with Crippen LogP contribution in [0.25, 0.3) is 11.3 Å². The van der Waals surface area contributed by atoms with Gasteiger partial charge in [-0.05, 0) is 25.1 Å². The van der Waals surface area contributed by atoms with E-state index < -0.39 is 11.7 Å². The van der Waals surface area contributed by atoms with Gasteiger partial charge in [0.15, 0.2) is 0 Å². The summed E-state index contributed by atoms with van der Waals surface area (Å²) in [6.07, 6.45) is 0. The summed E-state index contributed by atoms with van der Waals surface area (Å²) in [5.74, 6) is 4.80. The Morgan fingerprint density at radius 1 is 1.50 bits per heavy atom. The highest BCUT2D eigenvalue weighted by molar-refractivity contribution is 6.31. The molecule has 0 fully saturated rings. The van der Waals surface area contributed by atoms with E-state index in [1.165, 1.54) is 18.2 Å². The van der Waals surface area contributed by atoms with Crippen LogP contribution >= 0.6 is 11.6 Å². The molecule has 2 heterocycles. The van der Waals surface area contributed by atoms with E-state index in [1.807, 2.05) is 6.92 Å². The Morgan fingerprint density at radius 2 is 2.23 bits per heavy atom. The van der Waals surface area contributed by atoms with Gasteiger partial charge in [0.1, 0.15) is 11.5 Å². The molecule has 0 bridgehead atoms. The molecular formula is C14H15ClFN5O. The maximum absolute atomic E-state index is 13.3. The van der Waals surface area contributed by atoms with Gasteiger partial charge in [0, 0.05) is 11.6 Å². The summed E-state index contributed by atoms with van der Waals surface area (Å²) in [6, 6.07) is 4.27. The van der Waals surface area contributed by atoms with Crippen LogP contribution in [0, 0.1) is 5.82 Å². The van der Waals surface area contributed by atoms with Crippen LogP contribution in [0.2, 0.25) is 5.02 Å². The number of halogens is 2. The molecule has 116 valence electrons. The first-order valence-corrected chi connectivity index (χ1v) is 7.12. The summed E-state index contributed by atoms with van der Waals surface area (Å²) in [4.78, 5) is 11.9. The number of carbonyl (C=O) groups is 1. The van der Waals surface area contributed by atoms with Gasteiger partial charge >= 0.3 is 0 Å². The number of fused-ring (bicyclic) bond motifs is 1. The summed E-state index contributed by atoms with van der Waals surface area (Å²) in [6.45, 7) is 2.87. The second kappa shape index (κ2) is 5.35. The number of hydrogen-bond donors (Lipinski definition) is 2. The average Bonchev–Trinajstić information content (AvgIpc) is 2.81. The molecule has 0 aliphatic carbocycles. The highest BCUT2D eigenvalue weighted by Gasteiger charge is 2.29. The van der Waals surface area contributed by atoms with Crippen molar-refractivity contribution in [3.05, 3.63) is 40.3 Å². The number of primary amides is 1. The number of nitrogens with two attached hydrogens (primary N) is 2. The van der Waals surface area contributed by atoms with Crippen LogP contribution in [-0.4, -0.2) is 26.7 Å². The minimum absolute atomic E-state index is 0.0345. The lowest BCUT2D eigenvalue weighted by atomic mass is 10.0. The molecule has 3 rings (SSSR count). The van der Waals surface area contributed by atoms with E-state index in [2.05, 4.69) is 5.10 Å². The SMILES string of the molecule is CC1Cn2nc(-c3ccc(F)c(Cl)c3)c(C(N)=O)c2CN1N. The van der Waals surface area contributed by atoms with Crippen LogP contribution in [0.4, 0.5) is 4.39 Å². The van der Waals surface area contributed by atoms with Crippen molar-refractivity contribution in [2.45, 2.75) is 26.1 Å². The Hall–Kier alpha value is -1.96. The van der Waals surface area contributed by atoms with E-state index in [4.69, 9.17) is 23.2 Å². The zero-order valence-corrected chi connectivity index (χ0v) is 12.6. The first-order chi connectivity index (χ1) is 10.4. The molecule has 4 N–H and O–H groups in total. The second-order valence-corrected chi connectivity index (χ2v) is 5.77. The van der Waals surface area contributed by atoms with Crippen molar-refractivity contribution >= 4 is 17.5 Å². The third-order valence-corrected chi connectivity index (χ3v) is 4.12. The molecule has 1 amide bonds. The third kappa shape index (κ3) is 2.37. The molecule has 0 saturated heterocycles. The van der Waals surface area contributed by atoms with Gasteiger partial charge in [-0.25, -0.2) is 9.40 Å². The molecular weight excluding hydrogens is 309 g/mol. The van der Waals surface area contributed by atoms with Crippen molar-refractivity contribution in [3.63, 3.8) is 0 Å². The molecule has 1 atom stereocenters. The van der Waals surface area contributed by atoms with E-state index in [0.717, 1.165) is 0 Å². The van der Waals surface area contributed by atoms with Gasteiger partial charge in [-0.15, -0.1) is 0 Å². The fourth-order valence-corrected chi connectivity index (χ4v) is 2.78. The maximum atomic E-state index is 13.3. The van der Waals surface area contributed by atoms with E-state index in [9.17, 15) is 9.18 Å². The van der Waals surface area contributed by atoms with Crippen molar-refractivity contribution in [1.29, 1.82) is 0 Å². The highest BCUT2D eigenvalue weighted by atomic mass is 35.5. The third-order valence-electron chi connectivity index (χ3n) is 3.83. The topological polar surface area (TPSA) is 90.2 Å². The fourth-order valence-electron chi connectivity index (χ4n) is 2.60. The van der Waals surface area contributed by atoms with Gasteiger partial charge in [0.2, 0.25) is 0 Å². The summed E-state index contributed by atoms with van der Waals surface area (Å²) in [5.41, 5.74) is 7.40. The monoisotopic (exact) mass is 323 g/mol. The Labute approximate surface area is 131 Å². The fraction of sp³-hybridized carbons (Fsp3) is 0.286. The number of aromatic nitrogens is 2. The minimum Gasteiger partial charge on any atom is -0.365 e. The van der Waals surface area contributed by atoms with Gasteiger partial charge < -0.3 is 5.73 Å². The Balaban J connectivity index is 2.18. The van der Waals surface area contributed by atoms with Crippen LogP contribution in [0.5, 0.6) is 0 Å². The lowest BCUT2D eigenvalue weighted by molar-refractivity contribution is 0.0993.